The molecule has 4 nitrogen and oxygen atoms in total. The summed E-state index contributed by atoms with van der Waals surface area (Å²) >= 11 is 0. The van der Waals surface area contributed by atoms with Crippen molar-refractivity contribution in [2.75, 3.05) is 11.9 Å². The molecule has 1 aromatic carbocycles. The lowest BCUT2D eigenvalue weighted by Gasteiger charge is -2.09. The van der Waals surface area contributed by atoms with Crippen molar-refractivity contribution < 1.29 is 9.53 Å². The van der Waals surface area contributed by atoms with Gasteiger partial charge in [0.25, 0.3) is 0 Å². The molecule has 0 saturated carbocycles. The summed E-state index contributed by atoms with van der Waals surface area (Å²) in [4.78, 5) is 11.6. The Balaban J connectivity index is 2.50. The molecule has 0 fully saturated rings. The number of rotatable bonds is 7. The van der Waals surface area contributed by atoms with E-state index in [4.69, 9.17) is 10.5 Å². The van der Waals surface area contributed by atoms with Crippen LogP contribution in [0.2, 0.25) is 0 Å². The molecule has 1 atom stereocenters. The molecule has 0 radical (unpaired) electrons. The van der Waals surface area contributed by atoms with Crippen molar-refractivity contribution in [3.8, 4) is 5.75 Å². The lowest BCUT2D eigenvalue weighted by atomic mass is 10.2. The van der Waals surface area contributed by atoms with E-state index in [0.717, 1.165) is 5.69 Å². The van der Waals surface area contributed by atoms with Gasteiger partial charge in [0.2, 0.25) is 5.91 Å². The molecule has 18 heavy (non-hydrogen) atoms. The molecule has 98 valence electrons. The molecule has 1 aromatic rings. The Hall–Kier alpha value is -1.81. The van der Waals surface area contributed by atoms with Crippen LogP contribution in [0.1, 0.15) is 19.8 Å². The zero-order valence-corrected chi connectivity index (χ0v) is 10.7. The Morgan fingerprint density at radius 3 is 3.06 bits per heavy atom. The second-order valence-corrected chi connectivity index (χ2v) is 4.19. The standard InChI is InChI=1S/C14H20N2O2/c1-3-9-18-13-6-4-5-12(10-13)16-14(17)8-7-11(2)15/h3-6,10-11H,1,7-9,15H2,2H3,(H,16,17). The summed E-state index contributed by atoms with van der Waals surface area (Å²) in [6.45, 7) is 5.91. The number of hydrogen-bond donors (Lipinski definition) is 2. The minimum Gasteiger partial charge on any atom is -0.489 e. The van der Waals surface area contributed by atoms with E-state index in [0.29, 0.717) is 25.2 Å². The second kappa shape index (κ2) is 7.50. The summed E-state index contributed by atoms with van der Waals surface area (Å²) < 4.78 is 5.39. The predicted molar refractivity (Wildman–Crippen MR) is 73.6 cm³/mol. The van der Waals surface area contributed by atoms with Gasteiger partial charge in [0.05, 0.1) is 0 Å². The minimum atomic E-state index is -0.0341. The summed E-state index contributed by atoms with van der Waals surface area (Å²) in [6, 6.07) is 7.32. The number of ether oxygens (including phenoxy) is 1. The molecule has 0 saturated heterocycles. The third-order valence-electron chi connectivity index (χ3n) is 2.31. The van der Waals surface area contributed by atoms with Crippen molar-refractivity contribution in [1.29, 1.82) is 0 Å². The Morgan fingerprint density at radius 2 is 2.39 bits per heavy atom. The highest BCUT2D eigenvalue weighted by molar-refractivity contribution is 5.90. The van der Waals surface area contributed by atoms with Crippen LogP contribution < -0.4 is 15.8 Å². The molecule has 0 aliphatic heterocycles. The van der Waals surface area contributed by atoms with Crippen molar-refractivity contribution in [1.82, 2.24) is 0 Å². The van der Waals surface area contributed by atoms with Crippen LogP contribution in [0.3, 0.4) is 0 Å². The first-order chi connectivity index (χ1) is 8.61. The number of amides is 1. The summed E-state index contributed by atoms with van der Waals surface area (Å²) in [7, 11) is 0. The summed E-state index contributed by atoms with van der Waals surface area (Å²) in [5, 5.41) is 2.81. The van der Waals surface area contributed by atoms with Gasteiger partial charge in [0.1, 0.15) is 12.4 Å². The number of hydrogen-bond acceptors (Lipinski definition) is 3. The highest BCUT2D eigenvalue weighted by Crippen LogP contribution is 2.17. The normalized spacial score (nSPS) is 11.7. The summed E-state index contributed by atoms with van der Waals surface area (Å²) in [5.41, 5.74) is 6.33. The molecule has 0 heterocycles. The van der Waals surface area contributed by atoms with Gasteiger partial charge in [-0.1, -0.05) is 18.7 Å². The van der Waals surface area contributed by atoms with Crippen LogP contribution >= 0.6 is 0 Å². The third kappa shape index (κ3) is 5.50. The number of benzene rings is 1. The van der Waals surface area contributed by atoms with Gasteiger partial charge in [-0.05, 0) is 25.5 Å². The Morgan fingerprint density at radius 1 is 1.61 bits per heavy atom. The second-order valence-electron chi connectivity index (χ2n) is 4.19. The van der Waals surface area contributed by atoms with Crippen LogP contribution in [0.15, 0.2) is 36.9 Å². The lowest BCUT2D eigenvalue weighted by Crippen LogP contribution is -2.19. The monoisotopic (exact) mass is 248 g/mol. The summed E-state index contributed by atoms with van der Waals surface area (Å²) in [5.74, 6) is 0.674. The van der Waals surface area contributed by atoms with Crippen LogP contribution in [0.4, 0.5) is 5.69 Å². The first kappa shape index (κ1) is 14.3. The molecule has 0 aliphatic carbocycles. The van der Waals surface area contributed by atoms with Gasteiger partial charge in [-0.15, -0.1) is 0 Å². The van der Waals surface area contributed by atoms with Gasteiger partial charge >= 0.3 is 0 Å². The van der Waals surface area contributed by atoms with Gasteiger partial charge in [-0.2, -0.15) is 0 Å². The first-order valence-corrected chi connectivity index (χ1v) is 6.01. The molecule has 0 aliphatic rings. The van der Waals surface area contributed by atoms with E-state index >= 15 is 0 Å². The van der Waals surface area contributed by atoms with E-state index in [1.165, 1.54) is 0 Å². The average Bonchev–Trinajstić information content (AvgIpc) is 2.34. The number of nitrogens with one attached hydrogen (secondary N) is 1. The fraction of sp³-hybridized carbons (Fsp3) is 0.357. The van der Waals surface area contributed by atoms with Crippen molar-refractivity contribution >= 4 is 11.6 Å². The van der Waals surface area contributed by atoms with Gasteiger partial charge in [-0.3, -0.25) is 4.79 Å². The Kier molecular flexibility index (Phi) is 5.94. The molecule has 0 spiro atoms. The van der Waals surface area contributed by atoms with Crippen molar-refractivity contribution in [3.63, 3.8) is 0 Å². The maximum absolute atomic E-state index is 11.6. The molecule has 3 N–H and O–H groups in total. The van der Waals surface area contributed by atoms with E-state index in [9.17, 15) is 4.79 Å². The molecule has 1 amide bonds. The van der Waals surface area contributed by atoms with Gasteiger partial charge in [0, 0.05) is 24.2 Å². The average molecular weight is 248 g/mol. The van der Waals surface area contributed by atoms with E-state index in [-0.39, 0.29) is 11.9 Å². The maximum Gasteiger partial charge on any atom is 0.224 e. The molecule has 1 unspecified atom stereocenters. The smallest absolute Gasteiger partial charge is 0.224 e. The van der Waals surface area contributed by atoms with Crippen LogP contribution in [0.5, 0.6) is 5.75 Å². The van der Waals surface area contributed by atoms with E-state index in [1.807, 2.05) is 25.1 Å². The quantitative estimate of drug-likeness (QED) is 0.728. The molecule has 1 rings (SSSR count). The topological polar surface area (TPSA) is 64.3 Å². The Bertz CT molecular complexity index is 403. The predicted octanol–water partition coefficient (Wildman–Crippen LogP) is 2.32. The molecular weight excluding hydrogens is 228 g/mol. The molecule has 0 bridgehead atoms. The van der Waals surface area contributed by atoms with Crippen molar-refractivity contribution in [2.24, 2.45) is 5.73 Å². The van der Waals surface area contributed by atoms with Crippen LogP contribution in [0, 0.1) is 0 Å². The number of carbonyl (C=O) groups is 1. The SMILES string of the molecule is C=CCOc1cccc(NC(=O)CCC(C)N)c1. The lowest BCUT2D eigenvalue weighted by molar-refractivity contribution is -0.116. The van der Waals surface area contributed by atoms with Gasteiger partial charge in [0.15, 0.2) is 0 Å². The van der Waals surface area contributed by atoms with Crippen molar-refractivity contribution in [3.05, 3.63) is 36.9 Å². The maximum atomic E-state index is 11.6. The first-order valence-electron chi connectivity index (χ1n) is 6.01. The van der Waals surface area contributed by atoms with Crippen LogP contribution in [0.25, 0.3) is 0 Å². The minimum absolute atomic E-state index is 0.0341. The third-order valence-corrected chi connectivity index (χ3v) is 2.31. The number of nitrogens with two attached hydrogens (primary N) is 1. The highest BCUT2D eigenvalue weighted by Gasteiger charge is 2.04. The largest absolute Gasteiger partial charge is 0.489 e. The fourth-order valence-corrected chi connectivity index (χ4v) is 1.40. The highest BCUT2D eigenvalue weighted by atomic mass is 16.5. The Labute approximate surface area is 108 Å². The van der Waals surface area contributed by atoms with Crippen LogP contribution in [-0.2, 0) is 4.79 Å². The van der Waals surface area contributed by atoms with Crippen molar-refractivity contribution in [2.45, 2.75) is 25.8 Å². The molecule has 0 aromatic heterocycles. The number of carbonyl (C=O) groups excluding carboxylic acids is 1. The van der Waals surface area contributed by atoms with Gasteiger partial charge in [-0.25, -0.2) is 0 Å². The van der Waals surface area contributed by atoms with E-state index in [2.05, 4.69) is 11.9 Å². The summed E-state index contributed by atoms with van der Waals surface area (Å²) in [6.07, 6.45) is 2.78. The van der Waals surface area contributed by atoms with E-state index in [1.54, 1.807) is 12.1 Å². The zero-order valence-electron chi connectivity index (χ0n) is 10.7. The molecular formula is C14H20N2O2. The molecule has 4 heteroatoms. The van der Waals surface area contributed by atoms with Crippen LogP contribution in [-0.4, -0.2) is 18.6 Å². The fourth-order valence-electron chi connectivity index (χ4n) is 1.40. The number of anilines is 1. The van der Waals surface area contributed by atoms with E-state index < -0.39 is 0 Å². The zero-order chi connectivity index (χ0) is 13.4. The van der Waals surface area contributed by atoms with Gasteiger partial charge < -0.3 is 15.8 Å².